The van der Waals surface area contributed by atoms with Gasteiger partial charge in [-0.3, -0.25) is 4.98 Å². The van der Waals surface area contributed by atoms with E-state index in [1.165, 1.54) is 22.9 Å². The van der Waals surface area contributed by atoms with Crippen molar-refractivity contribution in [3.8, 4) is 11.4 Å². The topological polar surface area (TPSA) is 77.8 Å². The first-order valence-electron chi connectivity index (χ1n) is 8.69. The predicted octanol–water partition coefficient (Wildman–Crippen LogP) is 3.76. The van der Waals surface area contributed by atoms with E-state index in [0.29, 0.717) is 29.2 Å². The van der Waals surface area contributed by atoms with Crippen molar-refractivity contribution in [1.82, 2.24) is 25.0 Å². The standard InChI is InChI=1S/C19H15F3N6O/c20-19(21,22)29-15-5-1-4-14(11-15)28-18-16(26-27-28)6-7-17(25-18)24-10-8-13-3-2-9-23-12-13/h1-7,9,11-12H,8,10H2,(H,24,25). The Labute approximate surface area is 163 Å². The maximum atomic E-state index is 12.5. The van der Waals surface area contributed by atoms with Crippen LogP contribution in [0.25, 0.3) is 16.9 Å². The fourth-order valence-corrected chi connectivity index (χ4v) is 2.78. The molecule has 0 saturated heterocycles. The van der Waals surface area contributed by atoms with Crippen LogP contribution in [0.15, 0.2) is 60.9 Å². The van der Waals surface area contributed by atoms with Crippen molar-refractivity contribution >= 4 is 17.0 Å². The minimum atomic E-state index is -4.77. The van der Waals surface area contributed by atoms with Gasteiger partial charge in [-0.25, -0.2) is 4.98 Å². The molecule has 148 valence electrons. The largest absolute Gasteiger partial charge is 0.573 e. The third-order valence-corrected chi connectivity index (χ3v) is 4.04. The molecule has 4 rings (SSSR count). The molecule has 0 saturated carbocycles. The van der Waals surface area contributed by atoms with Gasteiger partial charge in [0.05, 0.1) is 5.69 Å². The maximum absolute atomic E-state index is 12.5. The molecule has 0 aliphatic carbocycles. The maximum Gasteiger partial charge on any atom is 0.573 e. The predicted molar refractivity (Wildman–Crippen MR) is 99.8 cm³/mol. The van der Waals surface area contributed by atoms with E-state index in [0.717, 1.165) is 12.0 Å². The Morgan fingerprint density at radius 2 is 1.97 bits per heavy atom. The van der Waals surface area contributed by atoms with E-state index in [9.17, 15) is 13.2 Å². The molecular weight excluding hydrogens is 385 g/mol. The summed E-state index contributed by atoms with van der Waals surface area (Å²) in [7, 11) is 0. The third kappa shape index (κ3) is 4.60. The van der Waals surface area contributed by atoms with Gasteiger partial charge in [-0.2, -0.15) is 4.68 Å². The van der Waals surface area contributed by atoms with Gasteiger partial charge in [0.2, 0.25) is 0 Å². The number of hydrogen-bond acceptors (Lipinski definition) is 6. The van der Waals surface area contributed by atoms with Gasteiger partial charge < -0.3 is 10.1 Å². The molecular formula is C19H15F3N6O. The average molecular weight is 400 g/mol. The van der Waals surface area contributed by atoms with Crippen molar-refractivity contribution in [2.75, 3.05) is 11.9 Å². The number of rotatable bonds is 6. The number of benzene rings is 1. The molecule has 0 amide bonds. The first kappa shape index (κ1) is 18.7. The molecule has 3 heterocycles. The lowest BCUT2D eigenvalue weighted by Crippen LogP contribution is -2.17. The summed E-state index contributed by atoms with van der Waals surface area (Å²) in [6.07, 6.45) is -0.489. The number of halogens is 3. The minimum Gasteiger partial charge on any atom is -0.406 e. The molecule has 0 radical (unpaired) electrons. The molecule has 0 aliphatic heterocycles. The molecule has 1 aromatic carbocycles. The molecule has 0 unspecified atom stereocenters. The fraction of sp³-hybridized carbons (Fsp3) is 0.158. The van der Waals surface area contributed by atoms with E-state index in [2.05, 4.69) is 30.3 Å². The summed E-state index contributed by atoms with van der Waals surface area (Å²) in [6, 6.07) is 12.9. The Hall–Kier alpha value is -3.69. The zero-order valence-corrected chi connectivity index (χ0v) is 15.0. The zero-order chi connectivity index (χ0) is 20.3. The number of nitrogens with one attached hydrogen (secondary N) is 1. The molecule has 3 aromatic heterocycles. The Morgan fingerprint density at radius 3 is 2.76 bits per heavy atom. The summed E-state index contributed by atoms with van der Waals surface area (Å²) in [4.78, 5) is 8.57. The highest BCUT2D eigenvalue weighted by molar-refractivity contribution is 5.74. The van der Waals surface area contributed by atoms with Crippen LogP contribution < -0.4 is 10.1 Å². The SMILES string of the molecule is FC(F)(F)Oc1cccc(-n2nnc3ccc(NCCc4cccnc4)nc32)c1. The van der Waals surface area contributed by atoms with Crippen LogP contribution >= 0.6 is 0 Å². The quantitative estimate of drug-likeness (QED) is 0.531. The molecule has 0 bridgehead atoms. The highest BCUT2D eigenvalue weighted by Crippen LogP contribution is 2.25. The lowest BCUT2D eigenvalue weighted by Gasteiger charge is -2.10. The van der Waals surface area contributed by atoms with Gasteiger partial charge in [0.15, 0.2) is 5.65 Å². The van der Waals surface area contributed by atoms with Crippen LogP contribution in [-0.2, 0) is 6.42 Å². The van der Waals surface area contributed by atoms with Gasteiger partial charge in [-0.1, -0.05) is 17.3 Å². The molecule has 4 aromatic rings. The van der Waals surface area contributed by atoms with Crippen molar-refractivity contribution in [1.29, 1.82) is 0 Å². The van der Waals surface area contributed by atoms with E-state index in [-0.39, 0.29) is 5.75 Å². The second-order valence-corrected chi connectivity index (χ2v) is 6.12. The molecule has 29 heavy (non-hydrogen) atoms. The summed E-state index contributed by atoms with van der Waals surface area (Å²) < 4.78 is 42.8. The molecule has 10 heteroatoms. The Kier molecular flexibility index (Phi) is 4.98. The molecule has 0 spiro atoms. The van der Waals surface area contributed by atoms with Crippen LogP contribution in [0.4, 0.5) is 19.0 Å². The van der Waals surface area contributed by atoms with Crippen LogP contribution in [0.3, 0.4) is 0 Å². The molecule has 1 N–H and O–H groups in total. The molecule has 7 nitrogen and oxygen atoms in total. The number of hydrogen-bond donors (Lipinski definition) is 1. The molecule has 0 fully saturated rings. The summed E-state index contributed by atoms with van der Waals surface area (Å²) in [6.45, 7) is 0.640. The fourth-order valence-electron chi connectivity index (χ4n) is 2.78. The van der Waals surface area contributed by atoms with Gasteiger partial charge in [-0.15, -0.1) is 18.3 Å². The normalized spacial score (nSPS) is 11.6. The van der Waals surface area contributed by atoms with E-state index in [1.807, 2.05) is 12.1 Å². The lowest BCUT2D eigenvalue weighted by molar-refractivity contribution is -0.274. The number of aromatic nitrogens is 5. The van der Waals surface area contributed by atoms with Crippen LogP contribution in [0.1, 0.15) is 5.56 Å². The third-order valence-electron chi connectivity index (χ3n) is 4.04. The monoisotopic (exact) mass is 400 g/mol. The Balaban J connectivity index is 1.55. The lowest BCUT2D eigenvalue weighted by atomic mass is 10.2. The van der Waals surface area contributed by atoms with Crippen molar-refractivity contribution in [3.05, 3.63) is 66.5 Å². The van der Waals surface area contributed by atoms with Crippen LogP contribution in [-0.4, -0.2) is 37.9 Å². The Bertz CT molecular complexity index is 1110. The van der Waals surface area contributed by atoms with E-state index < -0.39 is 6.36 Å². The summed E-state index contributed by atoms with van der Waals surface area (Å²) in [5.41, 5.74) is 2.38. The summed E-state index contributed by atoms with van der Waals surface area (Å²) in [5, 5.41) is 11.2. The number of alkyl halides is 3. The number of anilines is 1. The summed E-state index contributed by atoms with van der Waals surface area (Å²) >= 11 is 0. The number of nitrogens with zero attached hydrogens (tertiary/aromatic N) is 5. The van der Waals surface area contributed by atoms with Gasteiger partial charge >= 0.3 is 6.36 Å². The Morgan fingerprint density at radius 1 is 1.07 bits per heavy atom. The number of ether oxygens (including phenoxy) is 1. The smallest absolute Gasteiger partial charge is 0.406 e. The average Bonchev–Trinajstić information content (AvgIpc) is 3.11. The van der Waals surface area contributed by atoms with E-state index in [1.54, 1.807) is 30.6 Å². The highest BCUT2D eigenvalue weighted by Gasteiger charge is 2.31. The zero-order valence-electron chi connectivity index (χ0n) is 15.0. The second kappa shape index (κ2) is 7.74. The van der Waals surface area contributed by atoms with Crippen molar-refractivity contribution in [2.45, 2.75) is 12.8 Å². The second-order valence-electron chi connectivity index (χ2n) is 6.12. The van der Waals surface area contributed by atoms with Crippen molar-refractivity contribution in [3.63, 3.8) is 0 Å². The van der Waals surface area contributed by atoms with Gasteiger partial charge in [0, 0.05) is 25.0 Å². The first-order valence-corrected chi connectivity index (χ1v) is 8.69. The van der Waals surface area contributed by atoms with E-state index in [4.69, 9.17) is 0 Å². The summed E-state index contributed by atoms with van der Waals surface area (Å²) in [5.74, 6) is 0.261. The molecule has 0 aliphatic rings. The first-order chi connectivity index (χ1) is 14.0. The van der Waals surface area contributed by atoms with Crippen molar-refractivity contribution in [2.24, 2.45) is 0 Å². The van der Waals surface area contributed by atoms with Crippen LogP contribution in [0.2, 0.25) is 0 Å². The van der Waals surface area contributed by atoms with Crippen molar-refractivity contribution < 1.29 is 17.9 Å². The van der Waals surface area contributed by atoms with Gasteiger partial charge in [-0.05, 0) is 42.3 Å². The van der Waals surface area contributed by atoms with Gasteiger partial charge in [0.25, 0.3) is 0 Å². The van der Waals surface area contributed by atoms with Crippen LogP contribution in [0, 0.1) is 0 Å². The minimum absolute atomic E-state index is 0.343. The molecule has 0 atom stereocenters. The number of pyridine rings is 2. The van der Waals surface area contributed by atoms with Crippen LogP contribution in [0.5, 0.6) is 5.75 Å². The van der Waals surface area contributed by atoms with E-state index >= 15 is 0 Å². The number of fused-ring (bicyclic) bond motifs is 1. The van der Waals surface area contributed by atoms with Gasteiger partial charge in [0.1, 0.15) is 17.1 Å². The highest BCUT2D eigenvalue weighted by atomic mass is 19.4.